The zero-order valence-corrected chi connectivity index (χ0v) is 19.4. The minimum absolute atomic E-state index is 0.180. The Morgan fingerprint density at radius 3 is 2.69 bits per heavy atom. The van der Waals surface area contributed by atoms with Crippen LogP contribution in [0, 0.1) is 29.1 Å². The molecule has 1 nitrogen and oxygen atoms in total. The van der Waals surface area contributed by atoms with Crippen molar-refractivity contribution in [3.63, 3.8) is 0 Å². The Morgan fingerprint density at radius 2 is 1.97 bits per heavy atom. The van der Waals surface area contributed by atoms with E-state index in [0.717, 1.165) is 42.9 Å². The van der Waals surface area contributed by atoms with Gasteiger partial charge in [-0.2, -0.15) is 0 Å². The predicted molar refractivity (Wildman–Crippen MR) is 126 cm³/mol. The average molecular weight is 397 g/mol. The summed E-state index contributed by atoms with van der Waals surface area (Å²) in [7, 11) is 0. The van der Waals surface area contributed by atoms with Gasteiger partial charge in [-0.15, -0.1) is 0 Å². The summed E-state index contributed by atoms with van der Waals surface area (Å²) in [6.07, 6.45) is 21.3. The van der Waals surface area contributed by atoms with E-state index in [1.54, 1.807) is 5.57 Å². The second-order valence-corrected chi connectivity index (χ2v) is 10.7. The van der Waals surface area contributed by atoms with Crippen LogP contribution in [0.2, 0.25) is 0 Å². The van der Waals surface area contributed by atoms with Crippen LogP contribution in [0.25, 0.3) is 0 Å². The second kappa shape index (κ2) is 9.82. The van der Waals surface area contributed by atoms with Gasteiger partial charge in [0.25, 0.3) is 0 Å². The van der Waals surface area contributed by atoms with Gasteiger partial charge in [0.15, 0.2) is 0 Å². The van der Waals surface area contributed by atoms with Crippen molar-refractivity contribution in [2.75, 3.05) is 0 Å². The monoisotopic (exact) mass is 396 g/mol. The molecule has 3 fully saturated rings. The van der Waals surface area contributed by atoms with Crippen LogP contribution < -0.4 is 0 Å². The molecule has 3 unspecified atom stereocenters. The highest BCUT2D eigenvalue weighted by Gasteiger charge is 2.50. The zero-order valence-electron chi connectivity index (χ0n) is 19.4. The van der Waals surface area contributed by atoms with Crippen molar-refractivity contribution >= 4 is 0 Å². The van der Waals surface area contributed by atoms with Crippen molar-refractivity contribution in [1.29, 1.82) is 0 Å². The van der Waals surface area contributed by atoms with Gasteiger partial charge in [-0.1, -0.05) is 69.7 Å². The lowest BCUT2D eigenvalue weighted by molar-refractivity contribution is 0.105. The maximum absolute atomic E-state index is 10.0. The van der Waals surface area contributed by atoms with Gasteiger partial charge in [-0.3, -0.25) is 0 Å². The summed E-state index contributed by atoms with van der Waals surface area (Å²) in [6, 6.07) is 0. The van der Waals surface area contributed by atoms with Crippen LogP contribution in [0.3, 0.4) is 0 Å². The highest BCUT2D eigenvalue weighted by atomic mass is 16.3. The van der Waals surface area contributed by atoms with Gasteiger partial charge in [0.2, 0.25) is 0 Å². The van der Waals surface area contributed by atoms with Crippen molar-refractivity contribution in [3.8, 4) is 0 Å². The summed E-state index contributed by atoms with van der Waals surface area (Å²) in [6.45, 7) is 13.8. The molecule has 0 bridgehead atoms. The first-order valence-corrected chi connectivity index (χ1v) is 12.3. The Balaban J connectivity index is 1.77. The molecule has 3 saturated carbocycles. The molecule has 3 aliphatic rings. The third-order valence-corrected chi connectivity index (χ3v) is 8.20. The summed E-state index contributed by atoms with van der Waals surface area (Å²) in [5.74, 6) is 3.05. The highest BCUT2D eigenvalue weighted by Crippen LogP contribution is 2.60. The molecule has 0 heterocycles. The van der Waals surface area contributed by atoms with E-state index < -0.39 is 0 Å². The van der Waals surface area contributed by atoms with E-state index >= 15 is 0 Å². The molecule has 29 heavy (non-hydrogen) atoms. The van der Waals surface area contributed by atoms with E-state index in [-0.39, 0.29) is 6.10 Å². The minimum Gasteiger partial charge on any atom is -0.393 e. The van der Waals surface area contributed by atoms with Crippen molar-refractivity contribution in [3.05, 3.63) is 47.6 Å². The number of hydrogen-bond acceptors (Lipinski definition) is 1. The largest absolute Gasteiger partial charge is 0.393 e. The maximum Gasteiger partial charge on any atom is 0.0583 e. The number of aliphatic hydroxyl groups excluding tert-OH is 1. The second-order valence-electron chi connectivity index (χ2n) is 10.7. The van der Waals surface area contributed by atoms with E-state index in [9.17, 15) is 5.11 Å². The molecule has 3 aliphatic carbocycles. The quantitative estimate of drug-likeness (QED) is 0.454. The molecule has 0 aromatic heterocycles. The van der Waals surface area contributed by atoms with Gasteiger partial charge in [-0.05, 0) is 98.9 Å². The summed E-state index contributed by atoms with van der Waals surface area (Å²) < 4.78 is 0. The van der Waals surface area contributed by atoms with Crippen LogP contribution >= 0.6 is 0 Å². The number of hydrogen-bond donors (Lipinski definition) is 1. The van der Waals surface area contributed by atoms with Crippen molar-refractivity contribution in [2.24, 2.45) is 29.1 Å². The zero-order chi connectivity index (χ0) is 21.0. The smallest absolute Gasteiger partial charge is 0.0583 e. The first kappa shape index (κ1) is 22.6. The Bertz CT molecular complexity index is 664. The molecule has 0 aliphatic heterocycles. The van der Waals surface area contributed by atoms with Crippen LogP contribution in [-0.4, -0.2) is 11.2 Å². The number of allylic oxidation sites excluding steroid dienone is 6. The van der Waals surface area contributed by atoms with E-state index in [2.05, 4.69) is 58.6 Å². The molecule has 162 valence electrons. The highest BCUT2D eigenvalue weighted by molar-refractivity contribution is 5.36. The van der Waals surface area contributed by atoms with E-state index in [4.69, 9.17) is 0 Å². The summed E-state index contributed by atoms with van der Waals surface area (Å²) in [5, 5.41) is 10.0. The van der Waals surface area contributed by atoms with E-state index in [1.807, 2.05) is 0 Å². The van der Waals surface area contributed by atoms with Crippen LogP contribution in [0.15, 0.2) is 47.6 Å². The normalized spacial score (nSPS) is 37.0. The Hall–Kier alpha value is -1.08. The number of rotatable bonds is 6. The predicted octanol–water partition coefficient (Wildman–Crippen LogP) is 7.79. The SMILES string of the molecule is C=C1CC[C@H](O)C/C1=C/C=C1\CCC[C@@]2(C)C1CCC2C(/C=C/CC(C)C)CC. The summed E-state index contributed by atoms with van der Waals surface area (Å²) >= 11 is 0. The minimum atomic E-state index is -0.180. The molecule has 0 saturated heterocycles. The third kappa shape index (κ3) is 5.16. The third-order valence-electron chi connectivity index (χ3n) is 8.20. The maximum atomic E-state index is 10.0. The van der Waals surface area contributed by atoms with Gasteiger partial charge >= 0.3 is 0 Å². The lowest BCUT2D eigenvalue weighted by atomic mass is 9.60. The molecule has 5 atom stereocenters. The van der Waals surface area contributed by atoms with Crippen LogP contribution in [0.4, 0.5) is 0 Å². The molecule has 0 radical (unpaired) electrons. The lowest BCUT2D eigenvalue weighted by Crippen LogP contribution is -2.36. The Kier molecular flexibility index (Phi) is 7.65. The van der Waals surface area contributed by atoms with Crippen molar-refractivity contribution in [2.45, 2.75) is 98.0 Å². The fourth-order valence-corrected chi connectivity index (χ4v) is 6.46. The molecule has 1 heteroatoms. The number of fused-ring (bicyclic) bond motifs is 1. The van der Waals surface area contributed by atoms with Gasteiger partial charge in [0, 0.05) is 0 Å². The van der Waals surface area contributed by atoms with E-state index in [1.165, 1.54) is 56.1 Å². The van der Waals surface area contributed by atoms with Crippen molar-refractivity contribution < 1.29 is 5.11 Å². The molecule has 0 spiro atoms. The molecule has 0 amide bonds. The molecule has 0 aromatic rings. The van der Waals surface area contributed by atoms with E-state index in [0.29, 0.717) is 5.41 Å². The molecular formula is C28H44O. The fraction of sp³-hybridized carbons (Fsp3) is 0.714. The molecule has 3 rings (SSSR count). The molecular weight excluding hydrogens is 352 g/mol. The van der Waals surface area contributed by atoms with Crippen LogP contribution in [0.5, 0.6) is 0 Å². The van der Waals surface area contributed by atoms with Gasteiger partial charge in [0.1, 0.15) is 0 Å². The summed E-state index contributed by atoms with van der Waals surface area (Å²) in [5.41, 5.74) is 4.63. The average Bonchev–Trinajstić information content (AvgIpc) is 3.03. The van der Waals surface area contributed by atoms with Crippen LogP contribution in [-0.2, 0) is 0 Å². The van der Waals surface area contributed by atoms with Crippen molar-refractivity contribution in [1.82, 2.24) is 0 Å². The fourth-order valence-electron chi connectivity index (χ4n) is 6.46. The van der Waals surface area contributed by atoms with Crippen LogP contribution in [0.1, 0.15) is 91.9 Å². The standard InChI is InChI=1S/C28H44O/c1-6-22(10-7-9-20(2)3)26-16-17-27-23(11-8-18-28(26,27)5)13-14-24-19-25(29)15-12-21(24)4/h7,10,13-14,20,22,25-27,29H,4,6,8-9,11-12,15-19H2,1-3,5H3/b10-7+,23-13+,24-14-/t22?,25-,26?,27?,28+/m0/s1. The van der Waals surface area contributed by atoms with Gasteiger partial charge < -0.3 is 5.11 Å². The Labute approximate surface area is 180 Å². The number of aliphatic hydroxyl groups is 1. The first-order chi connectivity index (χ1) is 13.8. The summed E-state index contributed by atoms with van der Waals surface area (Å²) in [4.78, 5) is 0. The van der Waals surface area contributed by atoms with Gasteiger partial charge in [0.05, 0.1) is 6.10 Å². The molecule has 0 aromatic carbocycles. The first-order valence-electron chi connectivity index (χ1n) is 12.3. The lowest BCUT2D eigenvalue weighted by Gasteiger charge is -2.44. The Morgan fingerprint density at radius 1 is 1.17 bits per heavy atom. The van der Waals surface area contributed by atoms with Gasteiger partial charge in [-0.25, -0.2) is 0 Å². The topological polar surface area (TPSA) is 20.2 Å². The molecule has 1 N–H and O–H groups in total.